The molecule has 2 N–H and O–H groups in total. The van der Waals surface area contributed by atoms with E-state index >= 15 is 0 Å². The maximum atomic E-state index is 12.6. The van der Waals surface area contributed by atoms with Crippen LogP contribution in [0.15, 0.2) is 29.2 Å². The van der Waals surface area contributed by atoms with E-state index in [1.807, 2.05) is 0 Å². The number of carbonyl (C=O) groups is 1. The molecule has 13 heteroatoms. The lowest BCUT2D eigenvalue weighted by molar-refractivity contribution is -0.587. The molecule has 3 rings (SSSR count). The number of halogens is 3. The standard InChI is InChI=1S/C16H14F3N5O4S/c1-8-5-4-6-11(28-16(17,18)19)12(8)29(26,27)23-14(25)13-21-15-20-9(2)7-10(3)24(15)22-13/h4-7H,1-3H3,(H,23,25)/p+1. The van der Waals surface area contributed by atoms with Crippen molar-refractivity contribution < 1.29 is 35.6 Å². The Morgan fingerprint density at radius 3 is 2.55 bits per heavy atom. The van der Waals surface area contributed by atoms with Gasteiger partial charge < -0.3 is 4.74 Å². The van der Waals surface area contributed by atoms with Gasteiger partial charge in [0, 0.05) is 6.07 Å². The van der Waals surface area contributed by atoms with Gasteiger partial charge in [-0.1, -0.05) is 17.1 Å². The average Bonchev–Trinajstić information content (AvgIpc) is 2.97. The van der Waals surface area contributed by atoms with E-state index in [1.54, 1.807) is 24.6 Å². The number of fused-ring (bicyclic) bond motifs is 1. The number of carbonyl (C=O) groups excluding carboxylic acids is 1. The van der Waals surface area contributed by atoms with Crippen molar-refractivity contribution in [1.82, 2.24) is 19.8 Å². The van der Waals surface area contributed by atoms with Gasteiger partial charge >= 0.3 is 23.9 Å². The summed E-state index contributed by atoms with van der Waals surface area (Å²) in [6.45, 7) is 4.70. The predicted octanol–water partition coefficient (Wildman–Crippen LogP) is 1.49. The van der Waals surface area contributed by atoms with Crippen LogP contribution in [0.5, 0.6) is 5.75 Å². The highest BCUT2D eigenvalue weighted by Crippen LogP contribution is 2.31. The molecule has 154 valence electrons. The fraction of sp³-hybridized carbons (Fsp3) is 0.250. The number of aromatic amines is 1. The van der Waals surface area contributed by atoms with Crippen molar-refractivity contribution in [3.63, 3.8) is 0 Å². The van der Waals surface area contributed by atoms with Crippen LogP contribution in [0.1, 0.15) is 27.6 Å². The van der Waals surface area contributed by atoms with Gasteiger partial charge in [-0.05, 0) is 37.4 Å². The van der Waals surface area contributed by atoms with Gasteiger partial charge in [-0.25, -0.2) is 18.2 Å². The SMILES string of the molecule is Cc1cc(C)[n+]2[nH]c(C(=O)NS(=O)(=O)c3c(C)cccc3OC(F)(F)F)nc2n1. The summed E-state index contributed by atoms with van der Waals surface area (Å²) in [4.78, 5) is 19.6. The zero-order chi connectivity index (χ0) is 21.6. The summed E-state index contributed by atoms with van der Waals surface area (Å²) in [6.07, 6.45) is -5.11. The molecule has 0 saturated heterocycles. The number of nitrogens with one attached hydrogen (secondary N) is 2. The molecule has 0 spiro atoms. The number of ether oxygens (including phenoxy) is 1. The summed E-state index contributed by atoms with van der Waals surface area (Å²) in [6, 6.07) is 5.02. The van der Waals surface area contributed by atoms with Gasteiger partial charge in [-0.2, -0.15) is 0 Å². The van der Waals surface area contributed by atoms with E-state index in [9.17, 15) is 26.4 Å². The summed E-state index contributed by atoms with van der Waals surface area (Å²) in [7, 11) is -4.71. The van der Waals surface area contributed by atoms with Gasteiger partial charge in [-0.15, -0.1) is 17.7 Å². The van der Waals surface area contributed by atoms with Gasteiger partial charge in [0.1, 0.15) is 22.0 Å². The third-order valence-corrected chi connectivity index (χ3v) is 5.30. The number of aryl methyl sites for hydroxylation is 3. The van der Waals surface area contributed by atoms with Crippen LogP contribution in [-0.4, -0.2) is 35.8 Å². The van der Waals surface area contributed by atoms with Crippen LogP contribution in [0.4, 0.5) is 13.2 Å². The quantitative estimate of drug-likeness (QED) is 0.606. The van der Waals surface area contributed by atoms with Crippen LogP contribution < -0.4 is 14.0 Å². The van der Waals surface area contributed by atoms with Crippen molar-refractivity contribution in [3.8, 4) is 5.75 Å². The predicted molar refractivity (Wildman–Crippen MR) is 91.5 cm³/mol. The van der Waals surface area contributed by atoms with Crippen LogP contribution in [0, 0.1) is 20.8 Å². The van der Waals surface area contributed by atoms with E-state index in [4.69, 9.17) is 0 Å². The van der Waals surface area contributed by atoms with Crippen LogP contribution in [0.25, 0.3) is 5.78 Å². The van der Waals surface area contributed by atoms with Crippen molar-refractivity contribution in [2.75, 3.05) is 0 Å². The normalized spacial score (nSPS) is 12.2. The molecule has 0 unspecified atom stereocenters. The zero-order valence-electron chi connectivity index (χ0n) is 15.3. The highest BCUT2D eigenvalue weighted by molar-refractivity contribution is 7.90. The summed E-state index contributed by atoms with van der Waals surface area (Å²) in [5.74, 6) is -2.39. The number of amides is 1. The minimum Gasteiger partial charge on any atom is -0.404 e. The number of alkyl halides is 3. The fourth-order valence-electron chi connectivity index (χ4n) is 2.71. The summed E-state index contributed by atoms with van der Waals surface area (Å²) < 4.78 is 70.0. The number of hydrogen-bond acceptors (Lipinski definition) is 6. The minimum atomic E-state index is -5.11. The monoisotopic (exact) mass is 430 g/mol. The molecule has 0 aliphatic heterocycles. The molecule has 9 nitrogen and oxygen atoms in total. The minimum absolute atomic E-state index is 0.0424. The second kappa shape index (κ2) is 6.99. The highest BCUT2D eigenvalue weighted by Gasteiger charge is 2.36. The van der Waals surface area contributed by atoms with Gasteiger partial charge in [0.2, 0.25) is 0 Å². The maximum absolute atomic E-state index is 12.6. The Morgan fingerprint density at radius 2 is 1.90 bits per heavy atom. The first-order valence-corrected chi connectivity index (χ1v) is 9.54. The molecule has 2 aromatic heterocycles. The molecular formula is C16H15F3N5O4S+. The molecule has 1 aromatic carbocycles. The van der Waals surface area contributed by atoms with Crippen molar-refractivity contribution in [2.45, 2.75) is 32.0 Å². The lowest BCUT2D eigenvalue weighted by Gasteiger charge is -2.15. The Bertz CT molecular complexity index is 1220. The summed E-state index contributed by atoms with van der Waals surface area (Å²) in [5.41, 5.74) is 1.24. The Labute approximate surface area is 162 Å². The number of benzene rings is 1. The van der Waals surface area contributed by atoms with Crippen LogP contribution in [-0.2, 0) is 10.0 Å². The lowest BCUT2D eigenvalue weighted by atomic mass is 10.2. The molecule has 0 saturated carbocycles. The lowest BCUT2D eigenvalue weighted by Crippen LogP contribution is -2.34. The smallest absolute Gasteiger partial charge is 0.404 e. The largest absolute Gasteiger partial charge is 0.573 e. The maximum Gasteiger partial charge on any atom is 0.573 e. The summed E-state index contributed by atoms with van der Waals surface area (Å²) in [5, 5.41) is 2.59. The third-order valence-electron chi connectivity index (χ3n) is 3.79. The Balaban J connectivity index is 1.98. The van der Waals surface area contributed by atoms with Crippen LogP contribution in [0.2, 0.25) is 0 Å². The highest BCUT2D eigenvalue weighted by atomic mass is 32.2. The van der Waals surface area contributed by atoms with Crippen molar-refractivity contribution in [3.05, 3.63) is 47.0 Å². The number of aromatic nitrogens is 4. The summed E-state index contributed by atoms with van der Waals surface area (Å²) >= 11 is 0. The first-order chi connectivity index (χ1) is 13.4. The molecule has 0 atom stereocenters. The Kier molecular flexibility index (Phi) is 4.94. The third kappa shape index (κ3) is 4.29. The van der Waals surface area contributed by atoms with E-state index in [2.05, 4.69) is 19.8 Å². The van der Waals surface area contributed by atoms with E-state index in [0.717, 1.165) is 6.07 Å². The first kappa shape index (κ1) is 20.5. The molecule has 0 fully saturated rings. The van der Waals surface area contributed by atoms with Crippen molar-refractivity contribution in [2.24, 2.45) is 0 Å². The van der Waals surface area contributed by atoms with Crippen LogP contribution in [0.3, 0.4) is 0 Å². The number of H-pyrrole nitrogens is 1. The number of hydrogen-bond donors (Lipinski definition) is 2. The zero-order valence-corrected chi connectivity index (χ0v) is 16.1. The van der Waals surface area contributed by atoms with E-state index in [1.165, 1.54) is 23.6 Å². The van der Waals surface area contributed by atoms with E-state index in [0.29, 0.717) is 11.4 Å². The molecule has 29 heavy (non-hydrogen) atoms. The number of nitrogens with zero attached hydrogens (tertiary/aromatic N) is 3. The number of rotatable bonds is 4. The molecule has 0 aliphatic rings. The van der Waals surface area contributed by atoms with Gasteiger partial charge in [0.05, 0.1) is 0 Å². The Hall–Kier alpha value is -3.22. The van der Waals surface area contributed by atoms with E-state index in [-0.39, 0.29) is 17.2 Å². The molecule has 0 bridgehead atoms. The van der Waals surface area contributed by atoms with Crippen LogP contribution >= 0.6 is 0 Å². The molecule has 0 aliphatic carbocycles. The molecule has 1 amide bonds. The molecular weight excluding hydrogens is 415 g/mol. The molecule has 0 radical (unpaired) electrons. The molecule has 2 heterocycles. The second-order valence-electron chi connectivity index (χ2n) is 6.13. The van der Waals surface area contributed by atoms with Crippen molar-refractivity contribution in [1.29, 1.82) is 0 Å². The second-order valence-corrected chi connectivity index (χ2v) is 7.75. The topological polar surface area (TPSA) is 118 Å². The van der Waals surface area contributed by atoms with Gasteiger partial charge in [0.15, 0.2) is 0 Å². The molecule has 3 aromatic rings. The number of sulfonamides is 1. The Morgan fingerprint density at radius 1 is 1.21 bits per heavy atom. The van der Waals surface area contributed by atoms with Gasteiger partial charge in [-0.3, -0.25) is 4.79 Å². The van der Waals surface area contributed by atoms with Gasteiger partial charge in [0.25, 0.3) is 10.0 Å². The first-order valence-electron chi connectivity index (χ1n) is 8.06. The van der Waals surface area contributed by atoms with E-state index < -0.39 is 32.9 Å². The fourth-order valence-corrected chi connectivity index (χ4v) is 4.02. The van der Waals surface area contributed by atoms with Crippen molar-refractivity contribution >= 4 is 21.7 Å². The average molecular weight is 430 g/mol.